The van der Waals surface area contributed by atoms with E-state index in [0.29, 0.717) is 0 Å². The quantitative estimate of drug-likeness (QED) is 0.917. The van der Waals surface area contributed by atoms with E-state index in [0.717, 1.165) is 32.2 Å². The Labute approximate surface area is 129 Å². The van der Waals surface area contributed by atoms with Crippen LogP contribution in [-0.2, 0) is 11.2 Å². The van der Waals surface area contributed by atoms with Gasteiger partial charge in [-0.3, -0.25) is 0 Å². The topological polar surface area (TPSA) is 24.5 Å². The van der Waals surface area contributed by atoms with Crippen LogP contribution in [-0.4, -0.2) is 39.4 Å². The molecule has 0 atom stereocenters. The number of nitrogens with zero attached hydrogens (tertiary/aromatic N) is 1. The first-order valence-corrected chi connectivity index (χ1v) is 8.44. The zero-order chi connectivity index (χ0) is 13.8. The van der Waals surface area contributed by atoms with Crippen LogP contribution in [0.4, 0.5) is 5.69 Å². The summed E-state index contributed by atoms with van der Waals surface area (Å²) in [5.41, 5.74) is 2.91. The third kappa shape index (κ3) is 3.54. The highest BCUT2D eigenvalue weighted by Gasteiger charge is 2.19. The van der Waals surface area contributed by atoms with E-state index in [-0.39, 0.29) is 0 Å². The standard InChI is InChI=1S/C16H23BrN2O/c17-15-1-2-16(19-7-9-20-10-8-19)14(12-15)11-13-3-5-18-6-4-13/h1-2,12-13,18H,3-11H2. The molecule has 0 aromatic heterocycles. The molecule has 1 aromatic rings. The SMILES string of the molecule is Brc1ccc(N2CCOCC2)c(CC2CCNCC2)c1. The van der Waals surface area contributed by atoms with Gasteiger partial charge in [0.05, 0.1) is 13.2 Å². The molecule has 2 aliphatic rings. The number of anilines is 1. The van der Waals surface area contributed by atoms with Gasteiger partial charge in [0.1, 0.15) is 0 Å². The van der Waals surface area contributed by atoms with Crippen molar-refractivity contribution < 1.29 is 4.74 Å². The second kappa shape index (κ2) is 6.92. The first kappa shape index (κ1) is 14.4. The van der Waals surface area contributed by atoms with Crippen molar-refractivity contribution in [3.63, 3.8) is 0 Å². The van der Waals surface area contributed by atoms with Crippen molar-refractivity contribution in [3.8, 4) is 0 Å². The van der Waals surface area contributed by atoms with Crippen LogP contribution >= 0.6 is 15.9 Å². The average molecular weight is 339 g/mol. The molecule has 20 heavy (non-hydrogen) atoms. The van der Waals surface area contributed by atoms with E-state index in [1.165, 1.54) is 48.1 Å². The van der Waals surface area contributed by atoms with Crippen molar-refractivity contribution in [2.24, 2.45) is 5.92 Å². The molecule has 1 N–H and O–H groups in total. The van der Waals surface area contributed by atoms with E-state index in [1.807, 2.05) is 0 Å². The van der Waals surface area contributed by atoms with Gasteiger partial charge in [0.25, 0.3) is 0 Å². The normalized spacial score (nSPS) is 21.1. The predicted molar refractivity (Wildman–Crippen MR) is 86.5 cm³/mol. The molecular weight excluding hydrogens is 316 g/mol. The van der Waals surface area contributed by atoms with Gasteiger partial charge in [-0.05, 0) is 62.0 Å². The molecule has 2 heterocycles. The zero-order valence-corrected chi connectivity index (χ0v) is 13.5. The lowest BCUT2D eigenvalue weighted by atomic mass is 9.90. The Hall–Kier alpha value is -0.580. The Morgan fingerprint density at radius 2 is 1.95 bits per heavy atom. The molecule has 0 aliphatic carbocycles. The van der Waals surface area contributed by atoms with Crippen LogP contribution in [0.2, 0.25) is 0 Å². The zero-order valence-electron chi connectivity index (χ0n) is 11.9. The van der Waals surface area contributed by atoms with Gasteiger partial charge >= 0.3 is 0 Å². The maximum absolute atomic E-state index is 5.48. The molecule has 4 heteroatoms. The summed E-state index contributed by atoms with van der Waals surface area (Å²) in [4.78, 5) is 2.48. The van der Waals surface area contributed by atoms with E-state index >= 15 is 0 Å². The second-order valence-electron chi connectivity index (χ2n) is 5.77. The number of benzene rings is 1. The van der Waals surface area contributed by atoms with E-state index < -0.39 is 0 Å². The highest BCUT2D eigenvalue weighted by atomic mass is 79.9. The Balaban J connectivity index is 1.77. The maximum Gasteiger partial charge on any atom is 0.0642 e. The van der Waals surface area contributed by atoms with Gasteiger partial charge in [0.2, 0.25) is 0 Å². The Bertz CT molecular complexity index is 440. The molecule has 0 amide bonds. The minimum Gasteiger partial charge on any atom is -0.378 e. The van der Waals surface area contributed by atoms with Crippen molar-refractivity contribution in [1.82, 2.24) is 5.32 Å². The number of hydrogen-bond acceptors (Lipinski definition) is 3. The third-order valence-corrected chi connectivity index (χ3v) is 4.85. The van der Waals surface area contributed by atoms with Gasteiger partial charge in [-0.2, -0.15) is 0 Å². The summed E-state index contributed by atoms with van der Waals surface area (Å²) >= 11 is 3.63. The number of halogens is 1. The average Bonchev–Trinajstić information content (AvgIpc) is 2.49. The number of nitrogens with one attached hydrogen (secondary N) is 1. The third-order valence-electron chi connectivity index (χ3n) is 4.36. The molecule has 0 saturated carbocycles. The predicted octanol–water partition coefficient (Wildman–Crippen LogP) is 2.83. The van der Waals surface area contributed by atoms with Crippen LogP contribution in [0.5, 0.6) is 0 Å². The number of morpholine rings is 1. The lowest BCUT2D eigenvalue weighted by molar-refractivity contribution is 0.122. The van der Waals surface area contributed by atoms with Crippen molar-refractivity contribution in [3.05, 3.63) is 28.2 Å². The number of piperidine rings is 1. The van der Waals surface area contributed by atoms with Crippen LogP contribution < -0.4 is 10.2 Å². The summed E-state index contributed by atoms with van der Waals surface area (Å²) in [5.74, 6) is 0.824. The van der Waals surface area contributed by atoms with E-state index in [4.69, 9.17) is 4.74 Å². The summed E-state index contributed by atoms with van der Waals surface area (Å²) in [6, 6.07) is 6.75. The minimum absolute atomic E-state index is 0.824. The largest absolute Gasteiger partial charge is 0.378 e. The minimum atomic E-state index is 0.824. The Morgan fingerprint density at radius 1 is 1.20 bits per heavy atom. The van der Waals surface area contributed by atoms with E-state index in [1.54, 1.807) is 0 Å². The molecule has 1 aromatic carbocycles. The highest BCUT2D eigenvalue weighted by molar-refractivity contribution is 9.10. The monoisotopic (exact) mass is 338 g/mol. The molecule has 110 valence electrons. The molecule has 2 aliphatic heterocycles. The van der Waals surface area contributed by atoms with Gasteiger partial charge in [-0.1, -0.05) is 15.9 Å². The van der Waals surface area contributed by atoms with E-state index in [9.17, 15) is 0 Å². The fraction of sp³-hybridized carbons (Fsp3) is 0.625. The molecule has 0 unspecified atom stereocenters. The Kier molecular flexibility index (Phi) is 4.97. The van der Waals surface area contributed by atoms with Gasteiger partial charge in [0.15, 0.2) is 0 Å². The summed E-state index contributed by atoms with van der Waals surface area (Å²) in [6.45, 7) is 6.07. The Morgan fingerprint density at radius 3 is 2.70 bits per heavy atom. The second-order valence-corrected chi connectivity index (χ2v) is 6.69. The fourth-order valence-electron chi connectivity index (χ4n) is 3.23. The van der Waals surface area contributed by atoms with Gasteiger partial charge < -0.3 is 15.0 Å². The first-order valence-electron chi connectivity index (χ1n) is 7.65. The van der Waals surface area contributed by atoms with Crippen LogP contribution in [0, 0.1) is 5.92 Å². The first-order chi connectivity index (χ1) is 9.83. The van der Waals surface area contributed by atoms with Gasteiger partial charge in [-0.25, -0.2) is 0 Å². The van der Waals surface area contributed by atoms with Crippen molar-refractivity contribution >= 4 is 21.6 Å². The molecule has 2 fully saturated rings. The van der Waals surface area contributed by atoms with Gasteiger partial charge in [0, 0.05) is 23.2 Å². The van der Waals surface area contributed by atoms with Crippen molar-refractivity contribution in [2.75, 3.05) is 44.3 Å². The number of rotatable bonds is 3. The summed E-state index contributed by atoms with van der Waals surface area (Å²) in [5, 5.41) is 3.45. The number of hydrogen-bond donors (Lipinski definition) is 1. The summed E-state index contributed by atoms with van der Waals surface area (Å²) < 4.78 is 6.67. The van der Waals surface area contributed by atoms with Crippen LogP contribution in [0.25, 0.3) is 0 Å². The van der Waals surface area contributed by atoms with Crippen LogP contribution in [0.1, 0.15) is 18.4 Å². The van der Waals surface area contributed by atoms with Crippen LogP contribution in [0.15, 0.2) is 22.7 Å². The fourth-order valence-corrected chi connectivity index (χ4v) is 3.64. The number of ether oxygens (including phenoxy) is 1. The lowest BCUT2D eigenvalue weighted by Crippen LogP contribution is -2.37. The van der Waals surface area contributed by atoms with Crippen molar-refractivity contribution in [2.45, 2.75) is 19.3 Å². The summed E-state index contributed by atoms with van der Waals surface area (Å²) in [6.07, 6.45) is 3.80. The smallest absolute Gasteiger partial charge is 0.0642 e. The maximum atomic E-state index is 5.48. The van der Waals surface area contributed by atoms with Crippen molar-refractivity contribution in [1.29, 1.82) is 0 Å². The molecule has 3 rings (SSSR count). The molecule has 0 radical (unpaired) electrons. The van der Waals surface area contributed by atoms with Gasteiger partial charge in [-0.15, -0.1) is 0 Å². The lowest BCUT2D eigenvalue weighted by Gasteiger charge is -2.32. The highest BCUT2D eigenvalue weighted by Crippen LogP contribution is 2.29. The molecular formula is C16H23BrN2O. The molecule has 3 nitrogen and oxygen atoms in total. The van der Waals surface area contributed by atoms with Crippen LogP contribution in [0.3, 0.4) is 0 Å². The molecule has 0 bridgehead atoms. The molecule has 2 saturated heterocycles. The van der Waals surface area contributed by atoms with E-state index in [2.05, 4.69) is 44.3 Å². The summed E-state index contributed by atoms with van der Waals surface area (Å²) in [7, 11) is 0. The molecule has 0 spiro atoms.